The van der Waals surface area contributed by atoms with Crippen LogP contribution < -0.4 is 15.1 Å². The Morgan fingerprint density at radius 3 is 2.07 bits per heavy atom. The topological polar surface area (TPSA) is 64.6 Å². The highest BCUT2D eigenvalue weighted by atomic mass is 16.2. The predicted molar refractivity (Wildman–Crippen MR) is 117 cm³/mol. The third-order valence-corrected chi connectivity index (χ3v) is 5.89. The zero-order valence-corrected chi connectivity index (χ0v) is 17.6. The van der Waals surface area contributed by atoms with Gasteiger partial charge in [-0.05, 0) is 56.9 Å². The molecule has 0 unspecified atom stereocenters. The number of hydrogen-bond acceptors (Lipinski definition) is 5. The number of nitrogens with zero attached hydrogens (tertiary/aromatic N) is 5. The number of amides is 2. The molecule has 7 heteroatoms. The first-order valence-corrected chi connectivity index (χ1v) is 10.5. The number of piperazine rings is 1. The van der Waals surface area contributed by atoms with E-state index in [0.29, 0.717) is 13.1 Å². The van der Waals surface area contributed by atoms with E-state index in [1.54, 1.807) is 0 Å². The minimum atomic E-state index is -0.0375. The van der Waals surface area contributed by atoms with Gasteiger partial charge in [-0.3, -0.25) is 0 Å². The molecule has 0 radical (unpaired) electrons. The fraction of sp³-hybridized carbons (Fsp3) is 0.500. The molecule has 2 aliphatic rings. The summed E-state index contributed by atoms with van der Waals surface area (Å²) in [6, 6.07) is 8.08. The monoisotopic (exact) mass is 394 g/mol. The summed E-state index contributed by atoms with van der Waals surface area (Å²) in [5, 5.41) is 3.03. The van der Waals surface area contributed by atoms with Crippen molar-refractivity contribution in [3.63, 3.8) is 0 Å². The van der Waals surface area contributed by atoms with Crippen molar-refractivity contribution < 1.29 is 4.79 Å². The van der Waals surface area contributed by atoms with Crippen LogP contribution in [0.15, 0.2) is 24.3 Å². The molecule has 7 nitrogen and oxygen atoms in total. The molecule has 3 heterocycles. The molecule has 2 aliphatic heterocycles. The van der Waals surface area contributed by atoms with Crippen LogP contribution in [0.2, 0.25) is 0 Å². The molecule has 2 aromatic rings. The fourth-order valence-corrected chi connectivity index (χ4v) is 3.97. The molecule has 0 atom stereocenters. The van der Waals surface area contributed by atoms with Gasteiger partial charge in [0, 0.05) is 51.0 Å². The van der Waals surface area contributed by atoms with Crippen LogP contribution in [-0.2, 0) is 0 Å². The number of benzene rings is 1. The molecule has 1 N–H and O–H groups in total. The summed E-state index contributed by atoms with van der Waals surface area (Å²) in [5.41, 5.74) is 3.26. The van der Waals surface area contributed by atoms with Crippen molar-refractivity contribution in [2.75, 3.05) is 54.4 Å². The van der Waals surface area contributed by atoms with Crippen LogP contribution in [0.1, 0.15) is 29.8 Å². The summed E-state index contributed by atoms with van der Waals surface area (Å²) in [5.74, 6) is 2.80. The van der Waals surface area contributed by atoms with E-state index in [1.807, 2.05) is 30.0 Å². The molecule has 0 bridgehead atoms. The Morgan fingerprint density at radius 2 is 1.45 bits per heavy atom. The lowest BCUT2D eigenvalue weighted by Crippen LogP contribution is -2.50. The zero-order chi connectivity index (χ0) is 20.4. The van der Waals surface area contributed by atoms with Crippen LogP contribution >= 0.6 is 0 Å². The highest BCUT2D eigenvalue weighted by Gasteiger charge is 2.23. The van der Waals surface area contributed by atoms with Gasteiger partial charge < -0.3 is 20.0 Å². The van der Waals surface area contributed by atoms with E-state index in [-0.39, 0.29) is 6.03 Å². The second-order valence-electron chi connectivity index (χ2n) is 8.03. The van der Waals surface area contributed by atoms with Crippen molar-refractivity contribution in [2.24, 2.45) is 0 Å². The molecule has 1 aromatic carbocycles. The quantitative estimate of drug-likeness (QED) is 0.865. The first-order chi connectivity index (χ1) is 14.0. The maximum absolute atomic E-state index is 12.7. The zero-order valence-electron chi connectivity index (χ0n) is 17.6. The van der Waals surface area contributed by atoms with Crippen LogP contribution in [0.25, 0.3) is 0 Å². The molecule has 4 rings (SSSR count). The van der Waals surface area contributed by atoms with E-state index in [1.165, 1.54) is 24.0 Å². The van der Waals surface area contributed by atoms with E-state index in [4.69, 9.17) is 0 Å². The molecule has 154 valence electrons. The van der Waals surface area contributed by atoms with E-state index in [0.717, 1.165) is 49.3 Å². The number of carbonyl (C=O) groups is 1. The summed E-state index contributed by atoms with van der Waals surface area (Å²) >= 11 is 0. The van der Waals surface area contributed by atoms with Crippen molar-refractivity contribution >= 4 is 23.4 Å². The summed E-state index contributed by atoms with van der Waals surface area (Å²) in [6.45, 7) is 11.1. The summed E-state index contributed by atoms with van der Waals surface area (Å²) in [7, 11) is 0. The average Bonchev–Trinajstić information content (AvgIpc) is 3.25. The van der Waals surface area contributed by atoms with Gasteiger partial charge in [0.1, 0.15) is 17.5 Å². The SMILES string of the molecule is Cc1nc(N2CCCC2)cc(N2CCN(C(=O)Nc3ccc(C)c(C)c3)CC2)n1. The molecule has 1 aromatic heterocycles. The third kappa shape index (κ3) is 4.44. The Hall–Kier alpha value is -2.83. The largest absolute Gasteiger partial charge is 0.356 e. The Bertz CT molecular complexity index is 885. The molecule has 29 heavy (non-hydrogen) atoms. The molecule has 0 spiro atoms. The number of aryl methyl sites for hydroxylation is 3. The third-order valence-electron chi connectivity index (χ3n) is 5.89. The van der Waals surface area contributed by atoms with Gasteiger partial charge in [-0.15, -0.1) is 0 Å². The summed E-state index contributed by atoms with van der Waals surface area (Å²) < 4.78 is 0. The van der Waals surface area contributed by atoms with Crippen molar-refractivity contribution in [2.45, 2.75) is 33.6 Å². The first-order valence-electron chi connectivity index (χ1n) is 10.5. The Kier molecular flexibility index (Phi) is 5.56. The molecular weight excluding hydrogens is 364 g/mol. The lowest BCUT2D eigenvalue weighted by atomic mass is 10.1. The molecule has 2 amide bonds. The minimum absolute atomic E-state index is 0.0375. The molecule has 0 aliphatic carbocycles. The Labute approximate surface area is 172 Å². The number of carbonyl (C=O) groups excluding carboxylic acids is 1. The van der Waals surface area contributed by atoms with Gasteiger partial charge in [0.05, 0.1) is 0 Å². The average molecular weight is 395 g/mol. The number of anilines is 3. The fourth-order valence-electron chi connectivity index (χ4n) is 3.97. The molecule has 0 saturated carbocycles. The highest BCUT2D eigenvalue weighted by Crippen LogP contribution is 2.23. The van der Waals surface area contributed by atoms with Gasteiger partial charge in [0.15, 0.2) is 0 Å². The van der Waals surface area contributed by atoms with Gasteiger partial charge in [-0.2, -0.15) is 0 Å². The van der Waals surface area contributed by atoms with Gasteiger partial charge in [-0.1, -0.05) is 6.07 Å². The van der Waals surface area contributed by atoms with Gasteiger partial charge in [-0.25, -0.2) is 14.8 Å². The first kappa shape index (κ1) is 19.5. The standard InChI is InChI=1S/C22H30N6O/c1-16-6-7-19(14-17(16)2)25-22(29)28-12-10-27(11-13-28)21-15-20(23-18(3)24-21)26-8-4-5-9-26/h6-7,14-15H,4-5,8-13H2,1-3H3,(H,25,29). The van der Waals surface area contributed by atoms with Crippen LogP contribution in [-0.4, -0.2) is 60.2 Å². The van der Waals surface area contributed by atoms with E-state index in [9.17, 15) is 4.79 Å². The van der Waals surface area contributed by atoms with Crippen LogP contribution in [0.4, 0.5) is 22.1 Å². The second-order valence-corrected chi connectivity index (χ2v) is 8.03. The van der Waals surface area contributed by atoms with Crippen molar-refractivity contribution in [1.82, 2.24) is 14.9 Å². The predicted octanol–water partition coefficient (Wildman–Crippen LogP) is 3.36. The number of urea groups is 1. The van der Waals surface area contributed by atoms with Crippen molar-refractivity contribution in [1.29, 1.82) is 0 Å². The van der Waals surface area contributed by atoms with Crippen LogP contribution in [0.5, 0.6) is 0 Å². The maximum atomic E-state index is 12.7. The van der Waals surface area contributed by atoms with E-state index in [2.05, 4.69) is 45.0 Å². The van der Waals surface area contributed by atoms with E-state index < -0.39 is 0 Å². The number of aromatic nitrogens is 2. The lowest BCUT2D eigenvalue weighted by molar-refractivity contribution is 0.208. The van der Waals surface area contributed by atoms with Crippen LogP contribution in [0.3, 0.4) is 0 Å². The molecular formula is C22H30N6O. The van der Waals surface area contributed by atoms with Crippen LogP contribution in [0, 0.1) is 20.8 Å². The summed E-state index contributed by atoms with van der Waals surface area (Å²) in [6.07, 6.45) is 2.46. The Balaban J connectivity index is 1.37. The van der Waals surface area contributed by atoms with E-state index >= 15 is 0 Å². The maximum Gasteiger partial charge on any atom is 0.321 e. The summed E-state index contributed by atoms with van der Waals surface area (Å²) in [4.78, 5) is 28.4. The van der Waals surface area contributed by atoms with Crippen molar-refractivity contribution in [3.05, 3.63) is 41.2 Å². The number of nitrogens with one attached hydrogen (secondary N) is 1. The van der Waals surface area contributed by atoms with Crippen molar-refractivity contribution in [3.8, 4) is 0 Å². The number of hydrogen-bond donors (Lipinski definition) is 1. The lowest BCUT2D eigenvalue weighted by Gasteiger charge is -2.35. The smallest absolute Gasteiger partial charge is 0.321 e. The number of rotatable bonds is 3. The normalized spacial score (nSPS) is 17.0. The highest BCUT2D eigenvalue weighted by molar-refractivity contribution is 5.89. The molecule has 2 saturated heterocycles. The van der Waals surface area contributed by atoms with Gasteiger partial charge in [0.25, 0.3) is 0 Å². The van der Waals surface area contributed by atoms with Gasteiger partial charge >= 0.3 is 6.03 Å². The Morgan fingerprint density at radius 1 is 0.828 bits per heavy atom. The minimum Gasteiger partial charge on any atom is -0.356 e. The molecule has 2 fully saturated rings. The second kappa shape index (κ2) is 8.27. The van der Waals surface area contributed by atoms with Gasteiger partial charge in [0.2, 0.25) is 0 Å².